The maximum Gasteiger partial charge on any atom is 0.124 e. The molecule has 0 bridgehead atoms. The minimum absolute atomic E-state index is 0.0473. The largest absolute Gasteiger partial charge is 0.493 e. The second-order valence-electron chi connectivity index (χ2n) is 5.97. The Bertz CT molecular complexity index is 457. The fourth-order valence-corrected chi connectivity index (χ4v) is 3.56. The van der Waals surface area contributed by atoms with Gasteiger partial charge in [0.15, 0.2) is 0 Å². The van der Waals surface area contributed by atoms with Gasteiger partial charge in [-0.1, -0.05) is 18.2 Å². The minimum atomic E-state index is -0.0473. The minimum Gasteiger partial charge on any atom is -0.493 e. The van der Waals surface area contributed by atoms with Gasteiger partial charge in [0.25, 0.3) is 0 Å². The van der Waals surface area contributed by atoms with Gasteiger partial charge in [-0.3, -0.25) is 4.90 Å². The van der Waals surface area contributed by atoms with Crippen LogP contribution in [0, 0.1) is 0 Å². The number of para-hydroxylation sites is 1. The van der Waals surface area contributed by atoms with Gasteiger partial charge in [-0.25, -0.2) is 0 Å². The standard InChI is InChI=1S/C16H25N3O/c1-18-8-10-19(11-9-18)16(13-17)7-4-12-20-15-6-3-2-5-14(15)16/h2-3,5-6H,4,7-13,17H2,1H3. The normalized spacial score (nSPS) is 28.5. The highest BCUT2D eigenvalue weighted by atomic mass is 16.5. The summed E-state index contributed by atoms with van der Waals surface area (Å²) in [4.78, 5) is 4.97. The summed E-state index contributed by atoms with van der Waals surface area (Å²) in [6.45, 7) is 5.86. The zero-order chi connectivity index (χ0) is 14.0. The lowest BCUT2D eigenvalue weighted by Crippen LogP contribution is -2.57. The fourth-order valence-electron chi connectivity index (χ4n) is 3.56. The number of fused-ring (bicyclic) bond motifs is 1. The van der Waals surface area contributed by atoms with Gasteiger partial charge >= 0.3 is 0 Å². The molecule has 0 amide bonds. The SMILES string of the molecule is CN1CCN(C2(CN)CCCOc3ccccc32)CC1. The number of benzene rings is 1. The van der Waals surface area contributed by atoms with Crippen LogP contribution >= 0.6 is 0 Å². The van der Waals surface area contributed by atoms with Gasteiger partial charge in [-0.2, -0.15) is 0 Å². The van der Waals surface area contributed by atoms with Crippen molar-refractivity contribution in [3.8, 4) is 5.75 Å². The summed E-state index contributed by atoms with van der Waals surface area (Å²) in [6, 6.07) is 8.44. The van der Waals surface area contributed by atoms with Crippen LogP contribution in [0.4, 0.5) is 0 Å². The lowest BCUT2D eigenvalue weighted by molar-refractivity contribution is 0.0361. The highest BCUT2D eigenvalue weighted by Gasteiger charge is 2.41. The first kappa shape index (κ1) is 13.9. The van der Waals surface area contributed by atoms with Crippen LogP contribution in [0.5, 0.6) is 5.75 Å². The number of nitrogens with zero attached hydrogens (tertiary/aromatic N) is 2. The van der Waals surface area contributed by atoms with E-state index in [0.717, 1.165) is 51.4 Å². The van der Waals surface area contributed by atoms with Crippen molar-refractivity contribution in [3.05, 3.63) is 29.8 Å². The molecule has 1 aromatic rings. The van der Waals surface area contributed by atoms with E-state index in [4.69, 9.17) is 10.5 Å². The number of nitrogens with two attached hydrogens (primary N) is 1. The summed E-state index contributed by atoms with van der Waals surface area (Å²) in [5.41, 5.74) is 7.51. The molecule has 1 unspecified atom stereocenters. The van der Waals surface area contributed by atoms with Gasteiger partial charge < -0.3 is 15.4 Å². The quantitative estimate of drug-likeness (QED) is 0.882. The molecule has 0 radical (unpaired) electrons. The average Bonchev–Trinajstić information content (AvgIpc) is 2.68. The first-order chi connectivity index (χ1) is 9.76. The Balaban J connectivity index is 1.98. The van der Waals surface area contributed by atoms with E-state index in [-0.39, 0.29) is 5.54 Å². The number of piperazine rings is 1. The number of hydrogen-bond acceptors (Lipinski definition) is 4. The summed E-state index contributed by atoms with van der Waals surface area (Å²) in [7, 11) is 2.19. The van der Waals surface area contributed by atoms with Crippen LogP contribution in [0.1, 0.15) is 18.4 Å². The number of ether oxygens (including phenoxy) is 1. The van der Waals surface area contributed by atoms with Gasteiger partial charge in [-0.05, 0) is 26.0 Å². The number of rotatable bonds is 2. The molecule has 1 fully saturated rings. The Hall–Kier alpha value is -1.10. The van der Waals surface area contributed by atoms with Crippen LogP contribution in [-0.2, 0) is 5.54 Å². The van der Waals surface area contributed by atoms with Crippen molar-refractivity contribution in [2.75, 3.05) is 46.4 Å². The molecule has 1 aromatic carbocycles. The van der Waals surface area contributed by atoms with Crippen molar-refractivity contribution >= 4 is 0 Å². The Labute approximate surface area is 121 Å². The second-order valence-corrected chi connectivity index (χ2v) is 5.97. The first-order valence-electron chi connectivity index (χ1n) is 7.62. The third kappa shape index (κ3) is 2.32. The van der Waals surface area contributed by atoms with E-state index in [1.807, 2.05) is 0 Å². The molecule has 4 heteroatoms. The van der Waals surface area contributed by atoms with Gasteiger partial charge in [0.1, 0.15) is 5.75 Å². The molecule has 2 N–H and O–H groups in total. The number of hydrogen-bond donors (Lipinski definition) is 1. The van der Waals surface area contributed by atoms with Crippen molar-refractivity contribution in [3.63, 3.8) is 0 Å². The van der Waals surface area contributed by atoms with Gasteiger partial charge in [0, 0.05) is 38.3 Å². The fraction of sp³-hybridized carbons (Fsp3) is 0.625. The maximum absolute atomic E-state index is 6.28. The molecular formula is C16H25N3O. The predicted molar refractivity (Wildman–Crippen MR) is 81.0 cm³/mol. The zero-order valence-electron chi connectivity index (χ0n) is 12.3. The Morgan fingerprint density at radius 3 is 2.70 bits per heavy atom. The van der Waals surface area contributed by atoms with E-state index in [1.54, 1.807) is 0 Å². The van der Waals surface area contributed by atoms with E-state index in [1.165, 1.54) is 5.56 Å². The average molecular weight is 275 g/mol. The Morgan fingerprint density at radius 2 is 1.95 bits per heavy atom. The van der Waals surface area contributed by atoms with Crippen molar-refractivity contribution in [2.24, 2.45) is 5.73 Å². The molecule has 20 heavy (non-hydrogen) atoms. The van der Waals surface area contributed by atoms with Crippen molar-refractivity contribution in [1.82, 2.24) is 9.80 Å². The van der Waals surface area contributed by atoms with E-state index >= 15 is 0 Å². The Kier molecular flexibility index (Phi) is 3.96. The molecule has 1 saturated heterocycles. The lowest BCUT2D eigenvalue weighted by atomic mass is 9.83. The highest BCUT2D eigenvalue weighted by molar-refractivity contribution is 5.40. The smallest absolute Gasteiger partial charge is 0.124 e. The zero-order valence-corrected chi connectivity index (χ0v) is 12.3. The van der Waals surface area contributed by atoms with E-state index < -0.39 is 0 Å². The van der Waals surface area contributed by atoms with Crippen LogP contribution in [0.2, 0.25) is 0 Å². The molecular weight excluding hydrogens is 250 g/mol. The van der Waals surface area contributed by atoms with Crippen molar-refractivity contribution in [2.45, 2.75) is 18.4 Å². The molecule has 0 spiro atoms. The maximum atomic E-state index is 6.28. The topological polar surface area (TPSA) is 41.7 Å². The highest BCUT2D eigenvalue weighted by Crippen LogP contribution is 2.40. The van der Waals surface area contributed by atoms with Crippen LogP contribution in [0.15, 0.2) is 24.3 Å². The number of likely N-dealkylation sites (N-methyl/N-ethyl adjacent to an activating group) is 1. The molecule has 0 aromatic heterocycles. The molecule has 2 aliphatic heterocycles. The van der Waals surface area contributed by atoms with Gasteiger partial charge in [-0.15, -0.1) is 0 Å². The first-order valence-corrected chi connectivity index (χ1v) is 7.62. The summed E-state index contributed by atoms with van der Waals surface area (Å²) in [5, 5.41) is 0. The summed E-state index contributed by atoms with van der Waals surface area (Å²) < 4.78 is 5.92. The van der Waals surface area contributed by atoms with Crippen molar-refractivity contribution < 1.29 is 4.74 Å². The predicted octanol–water partition coefficient (Wildman–Crippen LogP) is 1.26. The van der Waals surface area contributed by atoms with Gasteiger partial charge in [0.2, 0.25) is 0 Å². The van der Waals surface area contributed by atoms with E-state index in [9.17, 15) is 0 Å². The second kappa shape index (κ2) is 5.72. The van der Waals surface area contributed by atoms with E-state index in [0.29, 0.717) is 6.54 Å². The van der Waals surface area contributed by atoms with Crippen LogP contribution in [0.25, 0.3) is 0 Å². The third-order valence-electron chi connectivity index (χ3n) is 4.83. The molecule has 0 aliphatic carbocycles. The van der Waals surface area contributed by atoms with Crippen LogP contribution in [0.3, 0.4) is 0 Å². The van der Waals surface area contributed by atoms with Crippen LogP contribution in [-0.4, -0.2) is 56.2 Å². The van der Waals surface area contributed by atoms with E-state index in [2.05, 4.69) is 41.1 Å². The molecule has 2 heterocycles. The molecule has 0 saturated carbocycles. The molecule has 2 aliphatic rings. The molecule has 3 rings (SSSR count). The Morgan fingerprint density at radius 1 is 1.20 bits per heavy atom. The molecule has 4 nitrogen and oxygen atoms in total. The summed E-state index contributed by atoms with van der Waals surface area (Å²) >= 11 is 0. The van der Waals surface area contributed by atoms with Crippen molar-refractivity contribution in [1.29, 1.82) is 0 Å². The monoisotopic (exact) mass is 275 g/mol. The summed E-state index contributed by atoms with van der Waals surface area (Å²) in [5.74, 6) is 1.02. The van der Waals surface area contributed by atoms with Gasteiger partial charge in [0.05, 0.1) is 12.1 Å². The van der Waals surface area contributed by atoms with Crippen LogP contribution < -0.4 is 10.5 Å². The molecule has 1 atom stereocenters. The summed E-state index contributed by atoms with van der Waals surface area (Å²) in [6.07, 6.45) is 2.16. The lowest BCUT2D eigenvalue weighted by Gasteiger charge is -2.47. The molecule has 110 valence electrons. The third-order valence-corrected chi connectivity index (χ3v) is 4.83.